The molecule has 1 saturated heterocycles. The van der Waals surface area contributed by atoms with E-state index in [1.807, 2.05) is 36.4 Å². The van der Waals surface area contributed by atoms with Gasteiger partial charge >= 0.3 is 0 Å². The quantitative estimate of drug-likeness (QED) is 0.471. The molecule has 2 N–H and O–H groups in total. The molecular formula is C24H25FN6O2. The van der Waals surface area contributed by atoms with Gasteiger partial charge in [0.2, 0.25) is 5.95 Å². The molecule has 0 spiro atoms. The molecular weight excluding hydrogens is 423 g/mol. The molecule has 1 aliphatic rings. The fourth-order valence-electron chi connectivity index (χ4n) is 4.24. The van der Waals surface area contributed by atoms with Gasteiger partial charge in [-0.15, -0.1) is 0 Å². The molecule has 0 radical (unpaired) electrons. The van der Waals surface area contributed by atoms with Crippen molar-refractivity contribution in [2.24, 2.45) is 0 Å². The third-order valence-corrected chi connectivity index (χ3v) is 5.99. The lowest BCUT2D eigenvalue weighted by molar-refractivity contribution is 0.210. The predicted octanol–water partition coefficient (Wildman–Crippen LogP) is 3.33. The Morgan fingerprint density at radius 2 is 1.97 bits per heavy atom. The van der Waals surface area contributed by atoms with Crippen molar-refractivity contribution in [2.75, 3.05) is 25.5 Å². The van der Waals surface area contributed by atoms with E-state index in [1.54, 1.807) is 16.9 Å². The maximum Gasteiger partial charge on any atom is 0.263 e. The number of ether oxygens (including phenoxy) is 1. The number of halogens is 1. The van der Waals surface area contributed by atoms with Crippen molar-refractivity contribution in [3.8, 4) is 11.4 Å². The van der Waals surface area contributed by atoms with Crippen LogP contribution in [0.1, 0.15) is 18.4 Å². The van der Waals surface area contributed by atoms with Crippen LogP contribution in [-0.4, -0.2) is 50.9 Å². The van der Waals surface area contributed by atoms with E-state index in [9.17, 15) is 9.18 Å². The van der Waals surface area contributed by atoms with Crippen LogP contribution in [0.3, 0.4) is 0 Å². The minimum absolute atomic E-state index is 0.183. The number of anilines is 1. The fourth-order valence-corrected chi connectivity index (χ4v) is 4.24. The maximum absolute atomic E-state index is 14.0. The van der Waals surface area contributed by atoms with Gasteiger partial charge in [-0.1, -0.05) is 24.3 Å². The Bertz CT molecular complexity index is 1310. The van der Waals surface area contributed by atoms with Gasteiger partial charge < -0.3 is 10.1 Å². The second-order valence-corrected chi connectivity index (χ2v) is 8.21. The van der Waals surface area contributed by atoms with Crippen molar-refractivity contribution in [2.45, 2.75) is 25.4 Å². The van der Waals surface area contributed by atoms with Crippen LogP contribution in [0.2, 0.25) is 0 Å². The number of para-hydroxylation sites is 1. The molecule has 2 aromatic carbocycles. The van der Waals surface area contributed by atoms with E-state index >= 15 is 0 Å². The van der Waals surface area contributed by atoms with E-state index in [-0.39, 0.29) is 23.2 Å². The Morgan fingerprint density at radius 1 is 1.18 bits per heavy atom. The van der Waals surface area contributed by atoms with Gasteiger partial charge in [0.25, 0.3) is 5.56 Å². The number of rotatable bonds is 6. The second-order valence-electron chi connectivity index (χ2n) is 8.21. The predicted molar refractivity (Wildman–Crippen MR) is 124 cm³/mol. The van der Waals surface area contributed by atoms with Crippen LogP contribution in [0.4, 0.5) is 10.3 Å². The molecule has 0 aliphatic carbocycles. The lowest BCUT2D eigenvalue weighted by Gasteiger charge is -2.32. The Balaban J connectivity index is 1.26. The average Bonchev–Trinajstić information content (AvgIpc) is 3.26. The molecule has 0 saturated carbocycles. The van der Waals surface area contributed by atoms with Gasteiger partial charge in [0.1, 0.15) is 5.39 Å². The van der Waals surface area contributed by atoms with Crippen LogP contribution in [-0.2, 0) is 6.54 Å². The third-order valence-electron chi connectivity index (χ3n) is 5.99. The first kappa shape index (κ1) is 21.1. The minimum Gasteiger partial charge on any atom is -0.494 e. The number of nitrogens with zero attached hydrogens (tertiary/aromatic N) is 4. The highest BCUT2D eigenvalue weighted by molar-refractivity contribution is 5.76. The van der Waals surface area contributed by atoms with E-state index in [4.69, 9.17) is 4.74 Å². The van der Waals surface area contributed by atoms with Gasteiger partial charge in [-0.05, 0) is 42.7 Å². The molecule has 9 heteroatoms. The summed E-state index contributed by atoms with van der Waals surface area (Å²) in [7, 11) is 1.46. The molecule has 4 aromatic rings. The second kappa shape index (κ2) is 9.03. The van der Waals surface area contributed by atoms with Crippen molar-refractivity contribution in [3.63, 3.8) is 0 Å². The van der Waals surface area contributed by atoms with E-state index in [2.05, 4.69) is 25.3 Å². The zero-order valence-electron chi connectivity index (χ0n) is 18.3. The smallest absolute Gasteiger partial charge is 0.263 e. The number of piperidine rings is 1. The lowest BCUT2D eigenvalue weighted by Crippen LogP contribution is -2.39. The summed E-state index contributed by atoms with van der Waals surface area (Å²) in [6, 6.07) is 14.9. The van der Waals surface area contributed by atoms with Crippen LogP contribution >= 0.6 is 0 Å². The highest BCUT2D eigenvalue weighted by Gasteiger charge is 2.21. The number of hydrogen-bond acceptors (Lipinski definition) is 6. The summed E-state index contributed by atoms with van der Waals surface area (Å²) in [5.74, 6) is 0.362. The van der Waals surface area contributed by atoms with Gasteiger partial charge in [0.05, 0.1) is 19.0 Å². The first-order chi connectivity index (χ1) is 16.1. The zero-order chi connectivity index (χ0) is 22.8. The van der Waals surface area contributed by atoms with Crippen molar-refractivity contribution in [1.29, 1.82) is 0 Å². The molecule has 5 rings (SSSR count). The van der Waals surface area contributed by atoms with E-state index in [1.165, 1.54) is 13.2 Å². The normalized spacial score (nSPS) is 15.1. The molecule has 170 valence electrons. The first-order valence-corrected chi connectivity index (χ1v) is 11.0. The largest absolute Gasteiger partial charge is 0.494 e. The van der Waals surface area contributed by atoms with Gasteiger partial charge in [0.15, 0.2) is 17.2 Å². The molecule has 3 heterocycles. The third kappa shape index (κ3) is 4.45. The summed E-state index contributed by atoms with van der Waals surface area (Å²) in [6.45, 7) is 2.41. The monoisotopic (exact) mass is 448 g/mol. The van der Waals surface area contributed by atoms with Crippen LogP contribution in [0.25, 0.3) is 16.7 Å². The van der Waals surface area contributed by atoms with Crippen molar-refractivity contribution < 1.29 is 9.13 Å². The Morgan fingerprint density at radius 3 is 2.70 bits per heavy atom. The first-order valence-electron chi connectivity index (χ1n) is 11.0. The van der Waals surface area contributed by atoms with E-state index < -0.39 is 0 Å². The molecule has 1 fully saturated rings. The van der Waals surface area contributed by atoms with Crippen molar-refractivity contribution in [1.82, 2.24) is 24.6 Å². The number of H-pyrrole nitrogens is 1. The number of hydrogen-bond donors (Lipinski definition) is 2. The molecule has 1 aliphatic heterocycles. The summed E-state index contributed by atoms with van der Waals surface area (Å²) in [5.41, 5.74) is 2.07. The number of aromatic amines is 1. The minimum atomic E-state index is -0.341. The molecule has 0 bridgehead atoms. The SMILES string of the molecule is COc1ccc(CN2CCC(Nc3nc4c(cnn4-c4ccccc4)c(=O)[nH]3)CC2)cc1F. The fraction of sp³-hybridized carbons (Fsp3) is 0.292. The summed E-state index contributed by atoms with van der Waals surface area (Å²) in [6.07, 6.45) is 3.31. The number of methoxy groups -OCH3 is 1. The summed E-state index contributed by atoms with van der Waals surface area (Å²) < 4.78 is 20.6. The van der Waals surface area contributed by atoms with Gasteiger partial charge in [0, 0.05) is 25.7 Å². The molecule has 8 nitrogen and oxygen atoms in total. The molecule has 2 aromatic heterocycles. The molecule has 0 amide bonds. The Hall–Kier alpha value is -3.72. The summed E-state index contributed by atoms with van der Waals surface area (Å²) in [4.78, 5) is 22.4. The molecule has 0 atom stereocenters. The van der Waals surface area contributed by atoms with E-state index in [0.717, 1.165) is 37.2 Å². The number of nitrogens with one attached hydrogen (secondary N) is 2. The average molecular weight is 449 g/mol. The molecule has 33 heavy (non-hydrogen) atoms. The van der Waals surface area contributed by atoms with Gasteiger partial charge in [-0.2, -0.15) is 10.1 Å². The van der Waals surface area contributed by atoms with Crippen LogP contribution in [0.5, 0.6) is 5.75 Å². The maximum atomic E-state index is 14.0. The highest BCUT2D eigenvalue weighted by Crippen LogP contribution is 2.21. The topological polar surface area (TPSA) is 88.1 Å². The number of fused-ring (bicyclic) bond motifs is 1. The lowest BCUT2D eigenvalue weighted by atomic mass is 10.0. The summed E-state index contributed by atoms with van der Waals surface area (Å²) in [5, 5.41) is 8.18. The van der Waals surface area contributed by atoms with Gasteiger partial charge in [-0.3, -0.25) is 14.7 Å². The number of likely N-dealkylation sites (tertiary alicyclic amines) is 1. The van der Waals surface area contributed by atoms with Crippen LogP contribution in [0.15, 0.2) is 59.5 Å². The Kier molecular flexibility index (Phi) is 5.78. The zero-order valence-corrected chi connectivity index (χ0v) is 18.3. The van der Waals surface area contributed by atoms with E-state index in [0.29, 0.717) is 23.5 Å². The number of aromatic nitrogens is 4. The Labute approximate surface area is 190 Å². The summed E-state index contributed by atoms with van der Waals surface area (Å²) >= 11 is 0. The molecule has 0 unspecified atom stereocenters. The van der Waals surface area contributed by atoms with Crippen molar-refractivity contribution in [3.05, 3.63) is 76.5 Å². The van der Waals surface area contributed by atoms with Crippen molar-refractivity contribution >= 4 is 17.0 Å². The van der Waals surface area contributed by atoms with Crippen LogP contribution < -0.4 is 15.6 Å². The standard InChI is InChI=1S/C24H25FN6O2/c1-33-21-8-7-16(13-20(21)25)15-30-11-9-17(10-12-30)27-24-28-22-19(23(32)29-24)14-26-31(22)18-5-3-2-4-6-18/h2-8,13-14,17H,9-12,15H2,1H3,(H2,27,28,29,32). The van der Waals surface area contributed by atoms with Crippen LogP contribution in [0, 0.1) is 5.82 Å². The highest BCUT2D eigenvalue weighted by atomic mass is 19.1. The number of benzene rings is 2. The van der Waals surface area contributed by atoms with Gasteiger partial charge in [-0.25, -0.2) is 9.07 Å².